The highest BCUT2D eigenvalue weighted by molar-refractivity contribution is 8.16. The van der Waals surface area contributed by atoms with E-state index in [1.807, 2.05) is 55.5 Å². The fourth-order valence-electron chi connectivity index (χ4n) is 3.75. The third kappa shape index (κ3) is 5.52. The number of piperidine rings is 1. The summed E-state index contributed by atoms with van der Waals surface area (Å²) in [4.78, 5) is 25.0. The molecule has 0 aromatic heterocycles. The van der Waals surface area contributed by atoms with Crippen LogP contribution < -0.4 is 10.1 Å². The van der Waals surface area contributed by atoms with Crippen molar-refractivity contribution < 1.29 is 9.53 Å². The van der Waals surface area contributed by atoms with Gasteiger partial charge in [0.1, 0.15) is 10.8 Å². The molecule has 0 unspecified atom stereocenters. The summed E-state index contributed by atoms with van der Waals surface area (Å²) >= 11 is 7.51. The normalized spacial score (nSPS) is 17.7. The van der Waals surface area contributed by atoms with Crippen molar-refractivity contribution in [1.82, 2.24) is 4.90 Å². The SMILES string of the molecule is CCOc1ccc(NC(=O)CSC2=NC3(CCN(C)CC3)N=C2c2ccc(Cl)cc2)cc1. The zero-order valence-electron chi connectivity index (χ0n) is 18.3. The van der Waals surface area contributed by atoms with Crippen molar-refractivity contribution in [3.05, 3.63) is 59.1 Å². The molecule has 0 aliphatic carbocycles. The molecule has 2 heterocycles. The Hall–Kier alpha value is -2.35. The van der Waals surface area contributed by atoms with E-state index in [1.54, 1.807) is 0 Å². The minimum atomic E-state index is -0.421. The molecule has 0 saturated carbocycles. The molecule has 1 N–H and O–H groups in total. The fourth-order valence-corrected chi connectivity index (χ4v) is 4.75. The monoisotopic (exact) mass is 470 g/mol. The number of rotatable bonds is 6. The smallest absolute Gasteiger partial charge is 0.234 e. The van der Waals surface area contributed by atoms with Gasteiger partial charge in [0.05, 0.1) is 18.1 Å². The van der Waals surface area contributed by atoms with Crippen LogP contribution in [0.2, 0.25) is 5.02 Å². The summed E-state index contributed by atoms with van der Waals surface area (Å²) in [6, 6.07) is 15.0. The minimum absolute atomic E-state index is 0.0818. The number of likely N-dealkylation sites (tertiary alicyclic amines) is 1. The van der Waals surface area contributed by atoms with Gasteiger partial charge in [-0.2, -0.15) is 0 Å². The van der Waals surface area contributed by atoms with Gasteiger partial charge in [-0.25, -0.2) is 4.99 Å². The predicted molar refractivity (Wildman–Crippen MR) is 134 cm³/mol. The van der Waals surface area contributed by atoms with Crippen LogP contribution in [0.25, 0.3) is 0 Å². The number of hydrogen-bond donors (Lipinski definition) is 1. The summed E-state index contributed by atoms with van der Waals surface area (Å²) in [5.74, 6) is 0.961. The van der Waals surface area contributed by atoms with Gasteiger partial charge < -0.3 is 15.0 Å². The molecule has 0 bridgehead atoms. The van der Waals surface area contributed by atoms with Gasteiger partial charge in [0.25, 0.3) is 0 Å². The standard InChI is InChI=1S/C24H27ClN4O2S/c1-3-31-20-10-8-19(9-11-20)26-21(30)16-32-23-22(17-4-6-18(25)7-5-17)27-24(28-23)12-14-29(2)15-13-24/h4-11H,3,12-16H2,1-2H3,(H,26,30). The van der Waals surface area contributed by atoms with Crippen molar-refractivity contribution >= 4 is 45.7 Å². The van der Waals surface area contributed by atoms with E-state index in [9.17, 15) is 4.79 Å². The van der Waals surface area contributed by atoms with Crippen molar-refractivity contribution in [1.29, 1.82) is 0 Å². The fraction of sp³-hybridized carbons (Fsp3) is 0.375. The first kappa shape index (κ1) is 22.8. The largest absolute Gasteiger partial charge is 0.494 e. The van der Waals surface area contributed by atoms with Crippen LogP contribution in [0.1, 0.15) is 25.3 Å². The van der Waals surface area contributed by atoms with Crippen LogP contribution in [-0.2, 0) is 4.79 Å². The zero-order valence-corrected chi connectivity index (χ0v) is 19.9. The van der Waals surface area contributed by atoms with E-state index in [4.69, 9.17) is 26.3 Å². The van der Waals surface area contributed by atoms with E-state index >= 15 is 0 Å². The highest BCUT2D eigenvalue weighted by Crippen LogP contribution is 2.35. The van der Waals surface area contributed by atoms with E-state index < -0.39 is 5.66 Å². The van der Waals surface area contributed by atoms with Gasteiger partial charge in [0.15, 0.2) is 5.66 Å². The van der Waals surface area contributed by atoms with Crippen LogP contribution >= 0.6 is 23.4 Å². The average Bonchev–Trinajstić information content (AvgIpc) is 3.15. The van der Waals surface area contributed by atoms with Gasteiger partial charge in [-0.05, 0) is 50.4 Å². The van der Waals surface area contributed by atoms with E-state index in [0.29, 0.717) is 11.6 Å². The second-order valence-corrected chi connectivity index (χ2v) is 9.36. The second kappa shape index (κ2) is 10.1. The van der Waals surface area contributed by atoms with Crippen LogP contribution in [-0.4, -0.2) is 59.7 Å². The Bertz CT molecular complexity index is 1010. The van der Waals surface area contributed by atoms with Gasteiger partial charge in [-0.1, -0.05) is 35.5 Å². The minimum Gasteiger partial charge on any atom is -0.494 e. The quantitative estimate of drug-likeness (QED) is 0.662. The number of benzene rings is 2. The van der Waals surface area contributed by atoms with Crippen molar-refractivity contribution in [2.24, 2.45) is 9.98 Å². The predicted octanol–water partition coefficient (Wildman–Crippen LogP) is 4.73. The Morgan fingerprint density at radius 2 is 1.81 bits per heavy atom. The maximum atomic E-state index is 12.6. The van der Waals surface area contributed by atoms with Gasteiger partial charge in [-0.15, -0.1) is 0 Å². The van der Waals surface area contributed by atoms with Crippen LogP contribution in [0, 0.1) is 0 Å². The molecule has 0 atom stereocenters. The molecule has 0 radical (unpaired) electrons. The molecule has 1 fully saturated rings. The lowest BCUT2D eigenvalue weighted by Crippen LogP contribution is -2.39. The Morgan fingerprint density at radius 3 is 2.47 bits per heavy atom. The molecule has 2 aromatic carbocycles. The second-order valence-electron chi connectivity index (χ2n) is 7.96. The van der Waals surface area contributed by atoms with E-state index in [1.165, 1.54) is 11.8 Å². The number of halogens is 1. The number of thioether (sulfide) groups is 1. The zero-order chi connectivity index (χ0) is 22.6. The molecule has 8 heteroatoms. The lowest BCUT2D eigenvalue weighted by Gasteiger charge is -2.33. The maximum Gasteiger partial charge on any atom is 0.234 e. The summed E-state index contributed by atoms with van der Waals surface area (Å²) in [5.41, 5.74) is 2.15. The topological polar surface area (TPSA) is 66.3 Å². The van der Waals surface area contributed by atoms with Gasteiger partial charge in [-0.3, -0.25) is 9.79 Å². The Morgan fingerprint density at radius 1 is 1.12 bits per heavy atom. The van der Waals surface area contributed by atoms with Crippen LogP contribution in [0.4, 0.5) is 5.69 Å². The Balaban J connectivity index is 1.45. The summed E-state index contributed by atoms with van der Waals surface area (Å²) in [5, 5.41) is 4.44. The molecular weight excluding hydrogens is 444 g/mol. The number of ether oxygens (including phenoxy) is 1. The molecular formula is C24H27ClN4O2S. The first-order chi connectivity index (χ1) is 15.5. The third-order valence-electron chi connectivity index (χ3n) is 5.53. The molecule has 168 valence electrons. The Kier molecular flexibility index (Phi) is 7.18. The molecule has 1 amide bonds. The number of nitrogens with one attached hydrogen (secondary N) is 1. The molecule has 1 spiro atoms. The molecule has 2 aromatic rings. The summed E-state index contributed by atoms with van der Waals surface area (Å²) in [7, 11) is 2.12. The van der Waals surface area contributed by atoms with Crippen molar-refractivity contribution in [3.8, 4) is 5.75 Å². The van der Waals surface area contributed by atoms with Crippen molar-refractivity contribution in [3.63, 3.8) is 0 Å². The molecule has 1 saturated heterocycles. The number of anilines is 1. The van der Waals surface area contributed by atoms with Gasteiger partial charge >= 0.3 is 0 Å². The summed E-state index contributed by atoms with van der Waals surface area (Å²) in [6.45, 7) is 4.46. The molecule has 32 heavy (non-hydrogen) atoms. The van der Waals surface area contributed by atoms with Gasteiger partial charge in [0.2, 0.25) is 5.91 Å². The van der Waals surface area contributed by atoms with Crippen LogP contribution in [0.5, 0.6) is 5.75 Å². The average molecular weight is 471 g/mol. The van der Waals surface area contributed by atoms with E-state index in [0.717, 1.165) is 53.7 Å². The lowest BCUT2D eigenvalue weighted by molar-refractivity contribution is -0.113. The van der Waals surface area contributed by atoms with Crippen LogP contribution in [0.3, 0.4) is 0 Å². The number of hydrogen-bond acceptors (Lipinski definition) is 6. The summed E-state index contributed by atoms with van der Waals surface area (Å²) < 4.78 is 5.45. The van der Waals surface area contributed by atoms with Gasteiger partial charge in [0, 0.05) is 42.2 Å². The number of nitrogens with zero attached hydrogens (tertiary/aromatic N) is 3. The third-order valence-corrected chi connectivity index (χ3v) is 6.74. The molecule has 2 aliphatic heterocycles. The molecule has 4 rings (SSSR count). The highest BCUT2D eigenvalue weighted by atomic mass is 35.5. The molecule has 6 nitrogen and oxygen atoms in total. The Labute approximate surface area is 198 Å². The van der Waals surface area contributed by atoms with Crippen molar-refractivity contribution in [2.75, 3.05) is 37.8 Å². The number of aliphatic imine (C=N–C) groups is 2. The van der Waals surface area contributed by atoms with Crippen molar-refractivity contribution in [2.45, 2.75) is 25.4 Å². The highest BCUT2D eigenvalue weighted by Gasteiger charge is 2.39. The first-order valence-corrected chi connectivity index (χ1v) is 12.1. The first-order valence-electron chi connectivity index (χ1n) is 10.8. The molecule has 2 aliphatic rings. The maximum absolute atomic E-state index is 12.6. The van der Waals surface area contributed by atoms with E-state index in [2.05, 4.69) is 17.3 Å². The van der Waals surface area contributed by atoms with Crippen LogP contribution in [0.15, 0.2) is 58.5 Å². The number of carbonyl (C=O) groups is 1. The van der Waals surface area contributed by atoms with E-state index in [-0.39, 0.29) is 11.7 Å². The number of amides is 1. The lowest BCUT2D eigenvalue weighted by atomic mass is 9.99. The number of carbonyl (C=O) groups excluding carboxylic acids is 1. The summed E-state index contributed by atoms with van der Waals surface area (Å²) in [6.07, 6.45) is 1.76.